The molecule has 0 aliphatic carbocycles. The van der Waals surface area contributed by atoms with Crippen molar-refractivity contribution < 1.29 is 9.53 Å². The minimum absolute atomic E-state index is 0.0458. The summed E-state index contributed by atoms with van der Waals surface area (Å²) in [6, 6.07) is 4.43. The average Bonchev–Trinajstić information content (AvgIpc) is 3.11. The summed E-state index contributed by atoms with van der Waals surface area (Å²) in [4.78, 5) is 18.9. The van der Waals surface area contributed by atoms with E-state index >= 15 is 0 Å². The first-order chi connectivity index (χ1) is 10.7. The molecule has 0 aromatic carbocycles. The molecule has 1 amide bonds. The Labute approximate surface area is 132 Å². The van der Waals surface area contributed by atoms with Gasteiger partial charge in [0.2, 0.25) is 5.91 Å². The predicted molar refractivity (Wildman–Crippen MR) is 84.2 cm³/mol. The van der Waals surface area contributed by atoms with Gasteiger partial charge >= 0.3 is 0 Å². The molecule has 1 aromatic rings. The van der Waals surface area contributed by atoms with Crippen LogP contribution in [0.1, 0.15) is 31.4 Å². The zero-order chi connectivity index (χ0) is 15.5. The van der Waals surface area contributed by atoms with Crippen LogP contribution >= 0.6 is 0 Å². The molecule has 1 aromatic heterocycles. The lowest BCUT2D eigenvalue weighted by Crippen LogP contribution is -2.40. The Morgan fingerprint density at radius 3 is 3.05 bits per heavy atom. The second-order valence-corrected chi connectivity index (χ2v) is 6.56. The van der Waals surface area contributed by atoms with Gasteiger partial charge in [-0.1, -0.05) is 13.0 Å². The standard InChI is InChI=1S/C17H25N3O2/c1-12-6-9-22-16(12)17(21)19-11-14-5-8-20(2)15(14)13-4-3-7-18-10-13/h3-4,7,10,12,14-16H,5-6,8-9,11H2,1-2H3,(H,19,21)/t12-,14-,15-,16+/m0/s1. The van der Waals surface area contributed by atoms with Gasteiger partial charge in [0, 0.05) is 31.6 Å². The second kappa shape index (κ2) is 6.75. The molecule has 3 rings (SSSR count). The number of carbonyl (C=O) groups is 1. The highest BCUT2D eigenvalue weighted by molar-refractivity contribution is 5.81. The summed E-state index contributed by atoms with van der Waals surface area (Å²) in [5.41, 5.74) is 1.23. The monoisotopic (exact) mass is 303 g/mol. The summed E-state index contributed by atoms with van der Waals surface area (Å²) in [5.74, 6) is 0.791. The van der Waals surface area contributed by atoms with Crippen LogP contribution in [0.5, 0.6) is 0 Å². The molecule has 3 heterocycles. The molecule has 4 atom stereocenters. The molecule has 2 saturated heterocycles. The van der Waals surface area contributed by atoms with Crippen LogP contribution in [0.3, 0.4) is 0 Å². The molecular weight excluding hydrogens is 278 g/mol. The second-order valence-electron chi connectivity index (χ2n) is 6.56. The molecule has 0 bridgehead atoms. The van der Waals surface area contributed by atoms with E-state index in [4.69, 9.17) is 4.74 Å². The van der Waals surface area contributed by atoms with E-state index in [2.05, 4.69) is 35.2 Å². The lowest BCUT2D eigenvalue weighted by molar-refractivity contribution is -0.131. The number of pyridine rings is 1. The highest BCUT2D eigenvalue weighted by Crippen LogP contribution is 2.35. The third-order valence-corrected chi connectivity index (χ3v) is 4.98. The fourth-order valence-corrected chi connectivity index (χ4v) is 3.68. The van der Waals surface area contributed by atoms with Gasteiger partial charge in [-0.05, 0) is 49.9 Å². The fraction of sp³-hybridized carbons (Fsp3) is 0.647. The van der Waals surface area contributed by atoms with E-state index in [9.17, 15) is 4.79 Å². The Balaban J connectivity index is 1.60. The number of likely N-dealkylation sites (tertiary alicyclic amines) is 1. The Kier molecular flexibility index (Phi) is 4.74. The van der Waals surface area contributed by atoms with Crippen LogP contribution in [-0.4, -0.2) is 48.6 Å². The zero-order valence-corrected chi connectivity index (χ0v) is 13.4. The van der Waals surface area contributed by atoms with Crippen LogP contribution in [0.2, 0.25) is 0 Å². The summed E-state index contributed by atoms with van der Waals surface area (Å²) in [5, 5.41) is 3.11. The van der Waals surface area contributed by atoms with Crippen molar-refractivity contribution in [3.05, 3.63) is 30.1 Å². The molecule has 5 nitrogen and oxygen atoms in total. The maximum atomic E-state index is 12.3. The van der Waals surface area contributed by atoms with Crippen molar-refractivity contribution in [3.8, 4) is 0 Å². The number of amides is 1. The lowest BCUT2D eigenvalue weighted by Gasteiger charge is -2.26. The van der Waals surface area contributed by atoms with Crippen molar-refractivity contribution in [2.75, 3.05) is 26.7 Å². The molecule has 0 radical (unpaired) electrons. The first-order valence-electron chi connectivity index (χ1n) is 8.16. The van der Waals surface area contributed by atoms with Crippen LogP contribution in [0.25, 0.3) is 0 Å². The van der Waals surface area contributed by atoms with Gasteiger partial charge in [-0.2, -0.15) is 0 Å². The van der Waals surface area contributed by atoms with Gasteiger partial charge in [0.05, 0.1) is 0 Å². The van der Waals surface area contributed by atoms with Gasteiger partial charge in [0.1, 0.15) is 6.10 Å². The van der Waals surface area contributed by atoms with Crippen molar-refractivity contribution in [2.45, 2.75) is 31.9 Å². The number of hydrogen-bond donors (Lipinski definition) is 1. The molecule has 0 saturated carbocycles. The number of nitrogens with one attached hydrogen (secondary N) is 1. The number of ether oxygens (including phenoxy) is 1. The molecule has 2 aliphatic rings. The fourth-order valence-electron chi connectivity index (χ4n) is 3.68. The van der Waals surface area contributed by atoms with Crippen LogP contribution in [0.4, 0.5) is 0 Å². The van der Waals surface area contributed by atoms with Crippen LogP contribution in [0.15, 0.2) is 24.5 Å². The van der Waals surface area contributed by atoms with Crippen LogP contribution < -0.4 is 5.32 Å². The summed E-state index contributed by atoms with van der Waals surface area (Å²) in [6.07, 6.45) is 5.54. The zero-order valence-electron chi connectivity index (χ0n) is 13.4. The third-order valence-electron chi connectivity index (χ3n) is 4.98. The molecular formula is C17H25N3O2. The van der Waals surface area contributed by atoms with Gasteiger partial charge in [0.25, 0.3) is 0 Å². The van der Waals surface area contributed by atoms with E-state index in [1.54, 1.807) is 6.20 Å². The number of rotatable bonds is 4. The van der Waals surface area contributed by atoms with Gasteiger partial charge in [-0.15, -0.1) is 0 Å². The highest BCUT2D eigenvalue weighted by Gasteiger charge is 2.35. The Morgan fingerprint density at radius 1 is 1.50 bits per heavy atom. The molecule has 0 spiro atoms. The average molecular weight is 303 g/mol. The van der Waals surface area contributed by atoms with Gasteiger partial charge in [0.15, 0.2) is 0 Å². The number of aromatic nitrogens is 1. The summed E-state index contributed by atoms with van der Waals surface area (Å²) in [6.45, 7) is 4.54. The normalized spacial score (nSPS) is 32.3. The van der Waals surface area contributed by atoms with Crippen molar-refractivity contribution in [2.24, 2.45) is 11.8 Å². The molecule has 120 valence electrons. The topological polar surface area (TPSA) is 54.5 Å². The molecule has 1 N–H and O–H groups in total. The van der Waals surface area contributed by atoms with Crippen molar-refractivity contribution >= 4 is 5.91 Å². The first-order valence-corrected chi connectivity index (χ1v) is 8.16. The smallest absolute Gasteiger partial charge is 0.249 e. The quantitative estimate of drug-likeness (QED) is 0.918. The van der Waals surface area contributed by atoms with Crippen molar-refractivity contribution in [1.29, 1.82) is 0 Å². The maximum Gasteiger partial charge on any atom is 0.249 e. The maximum absolute atomic E-state index is 12.3. The van der Waals surface area contributed by atoms with Crippen molar-refractivity contribution in [3.63, 3.8) is 0 Å². The van der Waals surface area contributed by atoms with Crippen LogP contribution in [0, 0.1) is 11.8 Å². The minimum Gasteiger partial charge on any atom is -0.368 e. The largest absolute Gasteiger partial charge is 0.368 e. The van der Waals surface area contributed by atoms with E-state index in [-0.39, 0.29) is 12.0 Å². The number of nitrogens with zero attached hydrogens (tertiary/aromatic N) is 2. The van der Waals surface area contributed by atoms with E-state index in [0.29, 0.717) is 31.0 Å². The van der Waals surface area contributed by atoms with Crippen LogP contribution in [-0.2, 0) is 9.53 Å². The SMILES string of the molecule is C[C@H]1CCO[C@H]1C(=O)NC[C@@H]1CCN(C)[C@H]1c1cccnc1. The van der Waals surface area contributed by atoms with Gasteiger partial charge in [-0.25, -0.2) is 0 Å². The molecule has 5 heteroatoms. The Morgan fingerprint density at radius 2 is 2.36 bits per heavy atom. The van der Waals surface area contributed by atoms with Gasteiger partial charge < -0.3 is 10.1 Å². The summed E-state index contributed by atoms with van der Waals surface area (Å²) < 4.78 is 5.54. The predicted octanol–water partition coefficient (Wildman–Crippen LogP) is 1.62. The van der Waals surface area contributed by atoms with Crippen molar-refractivity contribution in [1.82, 2.24) is 15.2 Å². The molecule has 0 unspecified atom stereocenters. The highest BCUT2D eigenvalue weighted by atomic mass is 16.5. The minimum atomic E-state index is -0.268. The van der Waals surface area contributed by atoms with Gasteiger partial charge in [-0.3, -0.25) is 14.7 Å². The third kappa shape index (κ3) is 3.15. The summed E-state index contributed by atoms with van der Waals surface area (Å²) >= 11 is 0. The Bertz CT molecular complexity index is 508. The number of carbonyl (C=O) groups excluding carboxylic acids is 1. The van der Waals surface area contributed by atoms with E-state index in [1.807, 2.05) is 12.3 Å². The first kappa shape index (κ1) is 15.4. The summed E-state index contributed by atoms with van der Waals surface area (Å²) in [7, 11) is 2.14. The van der Waals surface area contributed by atoms with E-state index in [0.717, 1.165) is 19.4 Å². The number of hydrogen-bond acceptors (Lipinski definition) is 4. The Hall–Kier alpha value is -1.46. The lowest BCUT2D eigenvalue weighted by atomic mass is 9.94. The molecule has 22 heavy (non-hydrogen) atoms. The van der Waals surface area contributed by atoms with E-state index in [1.165, 1.54) is 5.56 Å². The molecule has 2 aliphatic heterocycles. The van der Waals surface area contributed by atoms with E-state index < -0.39 is 0 Å². The molecule has 2 fully saturated rings.